The van der Waals surface area contributed by atoms with Crippen LogP contribution < -0.4 is 14.8 Å². The number of carbonyl (C=O) groups is 2. The van der Waals surface area contributed by atoms with Gasteiger partial charge in [0.05, 0.1) is 6.61 Å². The first-order valence-corrected chi connectivity index (χ1v) is 7.28. The number of nitrogens with zero attached hydrogens (tertiary/aromatic N) is 1. The number of ether oxygens (including phenoxy) is 2. The van der Waals surface area contributed by atoms with Gasteiger partial charge in [-0.15, -0.1) is 6.42 Å². The molecule has 2 rings (SSSR count). The van der Waals surface area contributed by atoms with E-state index >= 15 is 0 Å². The van der Waals surface area contributed by atoms with Crippen LogP contribution >= 0.6 is 0 Å². The fourth-order valence-corrected chi connectivity index (χ4v) is 2.15. The summed E-state index contributed by atoms with van der Waals surface area (Å²) in [6, 6.07) is 4.79. The van der Waals surface area contributed by atoms with Crippen LogP contribution in [0.3, 0.4) is 0 Å². The van der Waals surface area contributed by atoms with E-state index in [-0.39, 0.29) is 18.2 Å². The van der Waals surface area contributed by atoms with Gasteiger partial charge in [-0.25, -0.2) is 4.79 Å². The normalized spacial score (nSPS) is 15.5. The number of likely N-dealkylation sites (N-methyl/N-ethyl adjacent to an activating group) is 1. The number of amides is 3. The van der Waals surface area contributed by atoms with Gasteiger partial charge in [0.2, 0.25) is 0 Å². The van der Waals surface area contributed by atoms with Crippen molar-refractivity contribution >= 4 is 18.0 Å². The van der Waals surface area contributed by atoms with E-state index in [1.807, 2.05) is 6.92 Å². The number of terminal acetylenes is 1. The Bertz CT molecular complexity index is 688. The van der Waals surface area contributed by atoms with E-state index in [1.54, 1.807) is 31.2 Å². The van der Waals surface area contributed by atoms with Gasteiger partial charge in [-0.05, 0) is 37.6 Å². The maximum Gasteiger partial charge on any atom is 0.328 e. The molecule has 1 aliphatic rings. The molecular formula is C17H18N2O4. The molecule has 0 unspecified atom stereocenters. The zero-order chi connectivity index (χ0) is 16.8. The molecule has 1 aromatic carbocycles. The molecule has 1 N–H and O–H groups in total. The quantitative estimate of drug-likeness (QED) is 0.495. The molecule has 1 fully saturated rings. The van der Waals surface area contributed by atoms with Crippen molar-refractivity contribution in [1.82, 2.24) is 10.2 Å². The van der Waals surface area contributed by atoms with Crippen molar-refractivity contribution in [1.29, 1.82) is 0 Å². The SMILES string of the molecule is C#CCOc1ccc(/C=C2\NC(=O)N(CC)C2=O)cc1OCC. The summed E-state index contributed by atoms with van der Waals surface area (Å²) < 4.78 is 10.9. The van der Waals surface area contributed by atoms with Crippen LogP contribution in [0.25, 0.3) is 6.08 Å². The summed E-state index contributed by atoms with van der Waals surface area (Å²) in [5.41, 5.74) is 0.944. The smallest absolute Gasteiger partial charge is 0.328 e. The molecule has 6 nitrogen and oxygen atoms in total. The van der Waals surface area contributed by atoms with Crippen molar-refractivity contribution in [2.24, 2.45) is 0 Å². The van der Waals surface area contributed by atoms with Gasteiger partial charge < -0.3 is 14.8 Å². The number of urea groups is 1. The average molecular weight is 314 g/mol. The Morgan fingerprint density at radius 1 is 1.26 bits per heavy atom. The largest absolute Gasteiger partial charge is 0.490 e. The zero-order valence-corrected chi connectivity index (χ0v) is 13.1. The van der Waals surface area contributed by atoms with E-state index < -0.39 is 6.03 Å². The van der Waals surface area contributed by atoms with Gasteiger partial charge >= 0.3 is 6.03 Å². The van der Waals surface area contributed by atoms with Gasteiger partial charge in [-0.2, -0.15) is 0 Å². The van der Waals surface area contributed by atoms with Crippen molar-refractivity contribution in [3.05, 3.63) is 29.5 Å². The zero-order valence-electron chi connectivity index (χ0n) is 13.1. The predicted octanol–water partition coefficient (Wildman–Crippen LogP) is 2.01. The molecule has 0 saturated carbocycles. The van der Waals surface area contributed by atoms with Gasteiger partial charge in [-0.3, -0.25) is 9.69 Å². The fourth-order valence-electron chi connectivity index (χ4n) is 2.15. The lowest BCUT2D eigenvalue weighted by Gasteiger charge is -2.11. The molecule has 120 valence electrons. The molecule has 0 bridgehead atoms. The van der Waals surface area contributed by atoms with Crippen LogP contribution in [0.4, 0.5) is 4.79 Å². The maximum atomic E-state index is 12.1. The molecule has 23 heavy (non-hydrogen) atoms. The number of imide groups is 1. The molecule has 0 atom stereocenters. The van der Waals surface area contributed by atoms with Crippen LogP contribution in [-0.2, 0) is 4.79 Å². The van der Waals surface area contributed by atoms with Crippen molar-refractivity contribution < 1.29 is 19.1 Å². The standard InChI is InChI=1S/C17H18N2O4/c1-4-9-23-14-8-7-12(11-15(14)22-6-3)10-13-16(20)19(5-2)17(21)18-13/h1,7-8,10-11H,5-6,9H2,2-3H3,(H,18,21)/b13-10-. The predicted molar refractivity (Wildman–Crippen MR) is 85.8 cm³/mol. The summed E-state index contributed by atoms with van der Waals surface area (Å²) in [7, 11) is 0. The lowest BCUT2D eigenvalue weighted by Crippen LogP contribution is -2.30. The molecule has 1 heterocycles. The summed E-state index contributed by atoms with van der Waals surface area (Å²) in [5, 5.41) is 2.55. The molecular weight excluding hydrogens is 296 g/mol. The third kappa shape index (κ3) is 3.64. The highest BCUT2D eigenvalue weighted by molar-refractivity contribution is 6.13. The Balaban J connectivity index is 2.28. The summed E-state index contributed by atoms with van der Waals surface area (Å²) in [6.45, 7) is 4.53. The molecule has 6 heteroatoms. The molecule has 1 aromatic rings. The number of benzene rings is 1. The van der Waals surface area contributed by atoms with Gasteiger partial charge in [0.15, 0.2) is 11.5 Å². The second kappa shape index (κ2) is 7.36. The number of carbonyl (C=O) groups excluding carboxylic acids is 2. The van der Waals surface area contributed by atoms with Crippen molar-refractivity contribution in [3.63, 3.8) is 0 Å². The summed E-state index contributed by atoms with van der Waals surface area (Å²) in [6.07, 6.45) is 6.79. The van der Waals surface area contributed by atoms with E-state index in [2.05, 4.69) is 11.2 Å². The third-order valence-corrected chi connectivity index (χ3v) is 3.17. The van der Waals surface area contributed by atoms with E-state index in [4.69, 9.17) is 15.9 Å². The van der Waals surface area contributed by atoms with E-state index in [9.17, 15) is 9.59 Å². The van der Waals surface area contributed by atoms with E-state index in [1.165, 1.54) is 0 Å². The summed E-state index contributed by atoms with van der Waals surface area (Å²) in [5.74, 6) is 3.11. The highest BCUT2D eigenvalue weighted by atomic mass is 16.5. The molecule has 0 aromatic heterocycles. The molecule has 3 amide bonds. The van der Waals surface area contributed by atoms with Crippen LogP contribution in [0, 0.1) is 12.3 Å². The van der Waals surface area contributed by atoms with Crippen LogP contribution in [0.15, 0.2) is 23.9 Å². The molecule has 0 spiro atoms. The number of rotatable bonds is 6. The Kier molecular flexibility index (Phi) is 5.26. The Morgan fingerprint density at radius 2 is 2.04 bits per heavy atom. The van der Waals surface area contributed by atoms with E-state index in [0.29, 0.717) is 30.2 Å². The number of nitrogens with one attached hydrogen (secondary N) is 1. The maximum absolute atomic E-state index is 12.1. The molecule has 0 radical (unpaired) electrons. The van der Waals surface area contributed by atoms with E-state index in [0.717, 1.165) is 4.90 Å². The van der Waals surface area contributed by atoms with Crippen LogP contribution in [0.5, 0.6) is 11.5 Å². The first kappa shape index (κ1) is 16.4. The van der Waals surface area contributed by atoms with Gasteiger partial charge in [0, 0.05) is 6.54 Å². The Hall–Kier alpha value is -2.94. The Morgan fingerprint density at radius 3 is 2.65 bits per heavy atom. The fraction of sp³-hybridized carbons (Fsp3) is 0.294. The highest BCUT2D eigenvalue weighted by Gasteiger charge is 2.31. The lowest BCUT2D eigenvalue weighted by atomic mass is 10.1. The minimum Gasteiger partial charge on any atom is -0.490 e. The van der Waals surface area contributed by atoms with Gasteiger partial charge in [0.25, 0.3) is 5.91 Å². The van der Waals surface area contributed by atoms with Gasteiger partial charge in [-0.1, -0.05) is 12.0 Å². The number of hydrogen-bond acceptors (Lipinski definition) is 4. The minimum atomic E-state index is -0.414. The molecule has 1 aliphatic heterocycles. The van der Waals surface area contributed by atoms with Gasteiger partial charge in [0.1, 0.15) is 12.3 Å². The summed E-state index contributed by atoms with van der Waals surface area (Å²) >= 11 is 0. The third-order valence-electron chi connectivity index (χ3n) is 3.17. The molecule has 0 aliphatic carbocycles. The topological polar surface area (TPSA) is 67.9 Å². The molecule has 1 saturated heterocycles. The monoisotopic (exact) mass is 314 g/mol. The van der Waals surface area contributed by atoms with Crippen molar-refractivity contribution in [2.75, 3.05) is 19.8 Å². The first-order chi connectivity index (χ1) is 11.1. The highest BCUT2D eigenvalue weighted by Crippen LogP contribution is 2.29. The van der Waals surface area contributed by atoms with Crippen LogP contribution in [0.2, 0.25) is 0 Å². The minimum absolute atomic E-state index is 0.139. The van der Waals surface area contributed by atoms with Crippen molar-refractivity contribution in [2.45, 2.75) is 13.8 Å². The first-order valence-electron chi connectivity index (χ1n) is 7.28. The average Bonchev–Trinajstić information content (AvgIpc) is 2.80. The Labute approximate surface area is 135 Å². The second-order valence-electron chi connectivity index (χ2n) is 4.67. The van der Waals surface area contributed by atoms with Crippen molar-refractivity contribution in [3.8, 4) is 23.8 Å². The second-order valence-corrected chi connectivity index (χ2v) is 4.67. The number of hydrogen-bond donors (Lipinski definition) is 1. The van der Waals surface area contributed by atoms with Crippen LogP contribution in [-0.4, -0.2) is 36.6 Å². The lowest BCUT2D eigenvalue weighted by molar-refractivity contribution is -0.122. The summed E-state index contributed by atoms with van der Waals surface area (Å²) in [4.78, 5) is 24.9. The van der Waals surface area contributed by atoms with Crippen LogP contribution in [0.1, 0.15) is 19.4 Å².